The number of hydrogen-bond donors (Lipinski definition) is 2. The van der Waals surface area contributed by atoms with Gasteiger partial charge < -0.3 is 29.3 Å². The molecule has 0 radical (unpaired) electrons. The van der Waals surface area contributed by atoms with Crippen molar-refractivity contribution in [3.05, 3.63) is 77.4 Å². The minimum atomic E-state index is -0.938. The van der Waals surface area contributed by atoms with E-state index in [0.717, 1.165) is 84.8 Å². The molecule has 1 saturated carbocycles. The fraction of sp³-hybridized carbons (Fsp3) is 0.673. The first-order valence-electron chi connectivity index (χ1n) is 23.9. The summed E-state index contributed by atoms with van der Waals surface area (Å²) in [6.07, 6.45) is 29.2. The molecular formula is C52H79NO6S. The van der Waals surface area contributed by atoms with Gasteiger partial charge in [-0.1, -0.05) is 127 Å². The Kier molecular flexibility index (Phi) is 20.9. The van der Waals surface area contributed by atoms with Crippen molar-refractivity contribution in [2.24, 2.45) is 22.9 Å². The Balaban J connectivity index is 1.40. The van der Waals surface area contributed by atoms with Gasteiger partial charge in [-0.25, -0.2) is 0 Å². The van der Waals surface area contributed by atoms with Crippen LogP contribution in [-0.4, -0.2) is 59.6 Å². The van der Waals surface area contributed by atoms with E-state index >= 15 is 0 Å². The highest BCUT2D eigenvalue weighted by Gasteiger charge is 2.63. The molecule has 8 heteroatoms. The van der Waals surface area contributed by atoms with Gasteiger partial charge in [0, 0.05) is 31.1 Å². The van der Waals surface area contributed by atoms with Crippen molar-refractivity contribution < 1.29 is 29.3 Å². The third-order valence-electron chi connectivity index (χ3n) is 13.4. The molecule has 2 aliphatic carbocycles. The summed E-state index contributed by atoms with van der Waals surface area (Å²) < 4.78 is 21.0. The number of aliphatic hydroxyl groups is 2. The summed E-state index contributed by atoms with van der Waals surface area (Å²) in [5, 5.41) is 24.5. The van der Waals surface area contributed by atoms with Gasteiger partial charge in [-0.15, -0.1) is 6.58 Å². The number of nitrogens with zero attached hydrogens (tertiary/aromatic N) is 1. The monoisotopic (exact) mass is 846 g/mol. The average molecular weight is 846 g/mol. The van der Waals surface area contributed by atoms with Crippen molar-refractivity contribution in [2.75, 3.05) is 32.7 Å². The van der Waals surface area contributed by atoms with Gasteiger partial charge in [-0.2, -0.15) is 11.8 Å². The van der Waals surface area contributed by atoms with Crippen LogP contribution in [0.5, 0.6) is 17.2 Å². The maximum Gasteiger partial charge on any atom is 0.230 e. The number of hydrogen-bond acceptors (Lipinski definition) is 8. The molecule has 2 N–H and O–H groups in total. The second-order valence-electron chi connectivity index (χ2n) is 17.7. The van der Waals surface area contributed by atoms with E-state index in [1.807, 2.05) is 30.0 Å². The second kappa shape index (κ2) is 26.0. The number of oxime groups is 1. The highest BCUT2D eigenvalue weighted by molar-refractivity contribution is 8.00. The van der Waals surface area contributed by atoms with Gasteiger partial charge in [0.25, 0.3) is 0 Å². The third kappa shape index (κ3) is 13.1. The Morgan fingerprint density at radius 1 is 0.800 bits per heavy atom. The van der Waals surface area contributed by atoms with Crippen LogP contribution in [0.15, 0.2) is 65.9 Å². The molecule has 0 bridgehead atoms. The molecule has 1 aliphatic heterocycles. The summed E-state index contributed by atoms with van der Waals surface area (Å²) in [6.45, 7) is 11.4. The number of benzene rings is 2. The quantitative estimate of drug-likeness (QED) is 0.0460. The summed E-state index contributed by atoms with van der Waals surface area (Å²) in [4.78, 5) is 5.62. The molecule has 0 spiro atoms. The van der Waals surface area contributed by atoms with E-state index in [1.54, 1.807) is 7.11 Å². The normalized spacial score (nSPS) is 23.7. The van der Waals surface area contributed by atoms with Crippen molar-refractivity contribution in [3.8, 4) is 17.2 Å². The van der Waals surface area contributed by atoms with E-state index < -0.39 is 5.79 Å². The molecule has 0 saturated heterocycles. The van der Waals surface area contributed by atoms with E-state index in [-0.39, 0.29) is 42.1 Å². The fourth-order valence-corrected chi connectivity index (χ4v) is 11.5. The number of ether oxygens (including phenoxy) is 3. The zero-order chi connectivity index (χ0) is 42.6. The molecule has 2 aromatic rings. The first-order chi connectivity index (χ1) is 29.4. The number of rotatable bonds is 30. The first-order valence-corrected chi connectivity index (χ1v) is 24.9. The van der Waals surface area contributed by atoms with E-state index in [4.69, 9.17) is 24.2 Å². The van der Waals surface area contributed by atoms with Crippen molar-refractivity contribution in [2.45, 2.75) is 173 Å². The Hall–Kier alpha value is -2.78. The van der Waals surface area contributed by atoms with E-state index in [9.17, 15) is 10.2 Å². The van der Waals surface area contributed by atoms with Crippen LogP contribution in [0.4, 0.5) is 0 Å². The van der Waals surface area contributed by atoms with Gasteiger partial charge in [0.15, 0.2) is 0 Å². The summed E-state index contributed by atoms with van der Waals surface area (Å²) in [6, 6.07) is 12.6. The van der Waals surface area contributed by atoms with Crippen LogP contribution in [0, 0.1) is 31.6 Å². The van der Waals surface area contributed by atoms with Crippen molar-refractivity contribution in [3.63, 3.8) is 0 Å². The summed E-state index contributed by atoms with van der Waals surface area (Å²) >= 11 is 1.97. The van der Waals surface area contributed by atoms with Crippen molar-refractivity contribution >= 4 is 17.5 Å². The van der Waals surface area contributed by atoms with Crippen LogP contribution >= 0.6 is 11.8 Å². The predicted molar refractivity (Wildman–Crippen MR) is 251 cm³/mol. The third-order valence-corrected chi connectivity index (χ3v) is 14.8. The van der Waals surface area contributed by atoms with E-state index in [0.29, 0.717) is 13.0 Å². The summed E-state index contributed by atoms with van der Waals surface area (Å²) in [5.41, 5.74) is 5.72. The van der Waals surface area contributed by atoms with Gasteiger partial charge in [-0.3, -0.25) is 0 Å². The van der Waals surface area contributed by atoms with Crippen LogP contribution in [0.1, 0.15) is 164 Å². The molecule has 3 aliphatic rings. The zero-order valence-corrected chi connectivity index (χ0v) is 38.6. The smallest absolute Gasteiger partial charge is 0.230 e. The lowest BCUT2D eigenvalue weighted by Gasteiger charge is -2.58. The maximum absolute atomic E-state index is 9.93. The minimum absolute atomic E-state index is 0.0124. The molecule has 1 fully saturated rings. The number of allylic oxidation sites excluding steroid dienone is 1. The lowest BCUT2D eigenvalue weighted by Crippen LogP contribution is -2.64. The topological polar surface area (TPSA) is 89.7 Å². The fourth-order valence-electron chi connectivity index (χ4n) is 10.1. The molecular weight excluding hydrogens is 767 g/mol. The molecule has 60 heavy (non-hydrogen) atoms. The molecule has 5 rings (SSSR count). The van der Waals surface area contributed by atoms with E-state index in [1.165, 1.54) is 94.6 Å². The molecule has 334 valence electrons. The van der Waals surface area contributed by atoms with Gasteiger partial charge in [0.1, 0.15) is 24.4 Å². The number of unbranched alkanes of at least 4 members (excludes halogenated alkanes) is 15. The van der Waals surface area contributed by atoms with Crippen LogP contribution in [-0.2, 0) is 9.57 Å². The number of thioether (sulfide) groups is 1. The Labute approximate surface area is 368 Å². The second-order valence-corrected chi connectivity index (χ2v) is 19.1. The predicted octanol–water partition coefficient (Wildman–Crippen LogP) is 13.6. The zero-order valence-electron chi connectivity index (χ0n) is 37.8. The summed E-state index contributed by atoms with van der Waals surface area (Å²) in [7, 11) is 1.65. The SMILES string of the molecule is C=CCOC12Oc3ccc(Oc4ccc(C)c(C)c4)cc3C3C(CCCCO)C(CCCCO)C=C(C(=NOC)CC1SCCCCCCCCCCCCCCCC)C32. The standard InChI is InChI=1S/C52H79NO6S/c1-6-8-9-10-11-12-13-14-15-16-17-18-19-24-34-60-49-38-47(53-56-5)45-36-41(25-20-22-31-54)44(26-21-23-32-55)50-46-37-43(58-42-28-27-39(3)40(4)35-42)29-30-48(46)59-52(49,51(45)50)57-33-7-2/h7,27-30,35-37,41,44,49-51,54-55H,2,6,8-26,31-34,38H2,1,3-5H3. The van der Waals surface area contributed by atoms with Gasteiger partial charge >= 0.3 is 0 Å². The molecule has 6 atom stereocenters. The van der Waals surface area contributed by atoms with Gasteiger partial charge in [0.05, 0.1) is 23.5 Å². The average Bonchev–Trinajstić information content (AvgIpc) is 3.25. The highest BCUT2D eigenvalue weighted by atomic mass is 32.2. The maximum atomic E-state index is 9.93. The van der Waals surface area contributed by atoms with Crippen LogP contribution in [0.2, 0.25) is 0 Å². The number of fused-ring (bicyclic) bond motifs is 2. The number of aryl methyl sites for hydroxylation is 2. The molecule has 2 aromatic carbocycles. The molecule has 0 amide bonds. The van der Waals surface area contributed by atoms with E-state index in [2.05, 4.69) is 57.7 Å². The Bertz CT molecular complexity index is 1640. The van der Waals surface area contributed by atoms with Crippen LogP contribution in [0.25, 0.3) is 0 Å². The number of aliphatic hydroxyl groups excluding tert-OH is 2. The lowest BCUT2D eigenvalue weighted by atomic mass is 9.56. The lowest BCUT2D eigenvalue weighted by molar-refractivity contribution is -0.223. The van der Waals surface area contributed by atoms with Gasteiger partial charge in [-0.05, 0) is 111 Å². The highest BCUT2D eigenvalue weighted by Crippen LogP contribution is 2.62. The summed E-state index contributed by atoms with van der Waals surface area (Å²) in [5.74, 6) is 2.97. The Morgan fingerprint density at radius 3 is 2.07 bits per heavy atom. The molecule has 6 unspecified atom stereocenters. The van der Waals surface area contributed by atoms with Crippen molar-refractivity contribution in [1.29, 1.82) is 0 Å². The van der Waals surface area contributed by atoms with Crippen LogP contribution < -0.4 is 9.47 Å². The molecule has 7 nitrogen and oxygen atoms in total. The van der Waals surface area contributed by atoms with Crippen molar-refractivity contribution in [1.82, 2.24) is 0 Å². The van der Waals surface area contributed by atoms with Crippen LogP contribution in [0.3, 0.4) is 0 Å². The molecule has 1 heterocycles. The van der Waals surface area contributed by atoms with Gasteiger partial charge in [0.2, 0.25) is 5.79 Å². The minimum Gasteiger partial charge on any atom is -0.460 e. The first kappa shape index (κ1) is 48.3. The Morgan fingerprint density at radius 2 is 1.43 bits per heavy atom. The largest absolute Gasteiger partial charge is 0.460 e. The molecule has 0 aromatic heterocycles.